The summed E-state index contributed by atoms with van der Waals surface area (Å²) in [7, 11) is -4.60. The molecule has 3 heterocycles. The summed E-state index contributed by atoms with van der Waals surface area (Å²) in [5, 5.41) is 7.13. The number of carbonyl (C=O) groups is 7. The van der Waals surface area contributed by atoms with Gasteiger partial charge in [-0.15, -0.1) is 0 Å². The lowest BCUT2D eigenvalue weighted by Gasteiger charge is -2.35. The van der Waals surface area contributed by atoms with Crippen LogP contribution in [0.4, 0.5) is 5.69 Å². The minimum Gasteiger partial charge on any atom is -0.456 e. The Labute approximate surface area is 445 Å². The van der Waals surface area contributed by atoms with E-state index in [4.69, 9.17) is 9.15 Å². The van der Waals surface area contributed by atoms with Crippen molar-refractivity contribution in [3.8, 4) is 22.5 Å². The fourth-order valence-electron chi connectivity index (χ4n) is 9.73. The highest BCUT2D eigenvalue weighted by Gasteiger charge is 2.30. The molecule has 4 aliphatic rings. The van der Waals surface area contributed by atoms with E-state index in [1.807, 2.05) is 24.3 Å². The Kier molecular flexibility index (Phi) is 21.8. The lowest BCUT2D eigenvalue weighted by molar-refractivity contribution is -0.137. The van der Waals surface area contributed by atoms with Gasteiger partial charge in [0.25, 0.3) is 27.8 Å². The minimum atomic E-state index is -4.60. The van der Waals surface area contributed by atoms with E-state index in [2.05, 4.69) is 84.2 Å². The van der Waals surface area contributed by atoms with Crippen molar-refractivity contribution in [2.75, 3.05) is 89.3 Å². The second-order valence-corrected chi connectivity index (χ2v) is 20.5. The van der Waals surface area contributed by atoms with Gasteiger partial charge in [0, 0.05) is 124 Å². The van der Waals surface area contributed by atoms with E-state index in [0.29, 0.717) is 70.3 Å². The SMILES string of the molecule is CCN(CC)c1ccc2c(-c3ccccc3C(=O)N3CCN(C(=O)CCCCC(=O)NC(CS(=O)(=O)O)C(=O)CCCCCCC(=O)NCCOCCN4C(=O)C=CC4=O)CC3)c3ccc(=[N+](CC)CC)cc-3oc2c1. The third-order valence-electron chi connectivity index (χ3n) is 13.9. The average molecular weight is 1070 g/mol. The second kappa shape index (κ2) is 28.4. The molecule has 1 aliphatic carbocycles. The molecule has 0 bridgehead atoms. The molecular formula is C56H74N7O12S+. The third-order valence-corrected chi connectivity index (χ3v) is 14.7. The van der Waals surface area contributed by atoms with Gasteiger partial charge in [-0.05, 0) is 83.2 Å². The zero-order chi connectivity index (χ0) is 54.8. The summed E-state index contributed by atoms with van der Waals surface area (Å²) in [4.78, 5) is 95.9. The van der Waals surface area contributed by atoms with Gasteiger partial charge in [-0.3, -0.25) is 43.0 Å². The molecule has 2 aromatic carbocycles. The molecule has 2 aromatic rings. The van der Waals surface area contributed by atoms with Gasteiger partial charge in [0.05, 0.1) is 25.8 Å². The van der Waals surface area contributed by atoms with Crippen molar-refractivity contribution in [3.05, 3.63) is 83.7 Å². The Morgan fingerprint density at radius 2 is 1.39 bits per heavy atom. The molecule has 3 N–H and O–H groups in total. The van der Waals surface area contributed by atoms with Gasteiger partial charge < -0.3 is 34.5 Å². The number of rotatable bonds is 29. The van der Waals surface area contributed by atoms with Crippen LogP contribution in [0.25, 0.3) is 33.4 Å². The summed E-state index contributed by atoms with van der Waals surface area (Å²) in [5.74, 6) is -2.56. The number of nitrogens with zero attached hydrogens (tertiary/aromatic N) is 5. The van der Waals surface area contributed by atoms with Gasteiger partial charge in [-0.25, -0.2) is 4.58 Å². The van der Waals surface area contributed by atoms with Crippen molar-refractivity contribution in [2.24, 2.45) is 0 Å². The van der Waals surface area contributed by atoms with E-state index in [-0.39, 0.29) is 81.5 Å². The Hall–Kier alpha value is -6.77. The average Bonchev–Trinajstić information content (AvgIpc) is 3.73. The van der Waals surface area contributed by atoms with E-state index in [9.17, 15) is 46.5 Å². The molecule has 1 unspecified atom stereocenters. The third kappa shape index (κ3) is 16.1. The van der Waals surface area contributed by atoms with Gasteiger partial charge >= 0.3 is 0 Å². The predicted molar refractivity (Wildman–Crippen MR) is 290 cm³/mol. The van der Waals surface area contributed by atoms with Crippen LogP contribution in [0.1, 0.15) is 102 Å². The number of amides is 6. The van der Waals surface area contributed by atoms with Gasteiger partial charge in [0.1, 0.15) is 36.2 Å². The molecule has 0 aromatic heterocycles. The number of benzene rings is 3. The van der Waals surface area contributed by atoms with E-state index < -0.39 is 33.6 Å². The van der Waals surface area contributed by atoms with Crippen molar-refractivity contribution in [1.82, 2.24) is 29.9 Å². The first kappa shape index (κ1) is 58.5. The van der Waals surface area contributed by atoms with Gasteiger partial charge in [0.2, 0.25) is 23.1 Å². The quantitative estimate of drug-likeness (QED) is 0.0213. The van der Waals surface area contributed by atoms with Crippen molar-refractivity contribution in [1.29, 1.82) is 0 Å². The van der Waals surface area contributed by atoms with Crippen molar-refractivity contribution < 1.29 is 55.7 Å². The fraction of sp³-hybridized carbons (Fsp3) is 0.500. The minimum absolute atomic E-state index is 0.0389. The number of nitrogens with one attached hydrogen (secondary N) is 2. The number of unbranched alkanes of at least 4 members (excludes halogenated alkanes) is 4. The molecular weight excluding hydrogens is 995 g/mol. The zero-order valence-electron chi connectivity index (χ0n) is 44.4. The molecule has 1 fully saturated rings. The second-order valence-electron chi connectivity index (χ2n) is 19.0. The highest BCUT2D eigenvalue weighted by atomic mass is 32.2. The van der Waals surface area contributed by atoms with Crippen LogP contribution in [0, 0.1) is 0 Å². The van der Waals surface area contributed by atoms with Crippen molar-refractivity contribution in [3.63, 3.8) is 0 Å². The molecule has 0 spiro atoms. The molecule has 1 atom stereocenters. The monoisotopic (exact) mass is 1070 g/mol. The predicted octanol–water partition coefficient (Wildman–Crippen LogP) is 5.05. The van der Waals surface area contributed by atoms with Crippen LogP contribution in [0.3, 0.4) is 0 Å². The van der Waals surface area contributed by atoms with Gasteiger partial charge in [-0.1, -0.05) is 31.0 Å². The van der Waals surface area contributed by atoms with Gasteiger partial charge in [0.15, 0.2) is 5.78 Å². The maximum atomic E-state index is 14.5. The maximum Gasteiger partial charge on any atom is 0.267 e. The largest absolute Gasteiger partial charge is 0.456 e. The summed E-state index contributed by atoms with van der Waals surface area (Å²) >= 11 is 0. The van der Waals surface area contributed by atoms with Crippen LogP contribution in [0.2, 0.25) is 0 Å². The lowest BCUT2D eigenvalue weighted by Crippen LogP contribution is -2.50. The fourth-order valence-corrected chi connectivity index (χ4v) is 10.4. The van der Waals surface area contributed by atoms with E-state index in [1.54, 1.807) is 9.80 Å². The lowest BCUT2D eigenvalue weighted by atomic mass is 9.90. The van der Waals surface area contributed by atoms with Crippen LogP contribution in [0.5, 0.6) is 0 Å². The number of hydrogen-bond acceptors (Lipinski definition) is 12. The number of hydrogen-bond donors (Lipinski definition) is 3. The molecule has 76 heavy (non-hydrogen) atoms. The first-order chi connectivity index (χ1) is 36.5. The number of anilines is 1. The highest BCUT2D eigenvalue weighted by molar-refractivity contribution is 7.85. The van der Waals surface area contributed by atoms with E-state index in [1.165, 1.54) is 12.2 Å². The van der Waals surface area contributed by atoms with E-state index >= 15 is 0 Å². The molecule has 20 heteroatoms. The summed E-state index contributed by atoms with van der Waals surface area (Å²) in [6.45, 7) is 14.0. The smallest absolute Gasteiger partial charge is 0.267 e. The number of fused-ring (bicyclic) bond motifs is 2. The van der Waals surface area contributed by atoms with Crippen LogP contribution in [-0.2, 0) is 43.6 Å². The number of imide groups is 1. The molecule has 1 saturated heterocycles. The molecule has 0 saturated carbocycles. The number of ether oxygens (including phenoxy) is 1. The summed E-state index contributed by atoms with van der Waals surface area (Å²) in [6.07, 6.45) is 5.49. The van der Waals surface area contributed by atoms with Crippen LogP contribution < -0.4 is 25.5 Å². The summed E-state index contributed by atoms with van der Waals surface area (Å²) in [6, 6.07) is 18.7. The normalized spacial score (nSPS) is 14.1. The molecule has 0 radical (unpaired) electrons. The van der Waals surface area contributed by atoms with Gasteiger partial charge in [-0.2, -0.15) is 8.42 Å². The van der Waals surface area contributed by atoms with Crippen LogP contribution in [-0.4, -0.2) is 159 Å². The first-order valence-electron chi connectivity index (χ1n) is 26.7. The number of ketones is 1. The van der Waals surface area contributed by atoms with E-state index in [0.717, 1.165) is 75.5 Å². The Balaban J connectivity index is 0.941. The van der Waals surface area contributed by atoms with Crippen molar-refractivity contribution >= 4 is 68.0 Å². The number of carbonyl (C=O) groups excluding carboxylic acids is 7. The summed E-state index contributed by atoms with van der Waals surface area (Å²) in [5.41, 5.74) is 4.92. The Bertz CT molecular complexity index is 2880. The standard InChI is InChI=1S/C56H73N7O12S/c1-5-59(6-2)40-23-25-44-48(37-40)75-49-38-41(60(7-3)8-4)24-26-45(49)55(44)42-17-13-14-18-43(42)56(70)62-32-30-61(31-33-62)52(67)22-16-15-21-51(66)58-46(39-76(71,72)73)47(64)19-11-9-10-12-20-50(65)57-29-35-74-36-34-63-53(68)27-28-54(63)69/h13-14,17-18,23-28,37-38,46H,5-12,15-16,19-22,29-36,39H2,1-4H3,(H2-,57,58,65,66,71,72,73)/p+1. The first-order valence-corrected chi connectivity index (χ1v) is 28.3. The molecule has 6 amide bonds. The summed E-state index contributed by atoms with van der Waals surface area (Å²) < 4.78 is 47.4. The number of piperazine rings is 1. The highest BCUT2D eigenvalue weighted by Crippen LogP contribution is 2.42. The maximum absolute atomic E-state index is 14.5. The Morgan fingerprint density at radius 1 is 0.750 bits per heavy atom. The molecule has 3 aliphatic heterocycles. The Morgan fingerprint density at radius 3 is 2.08 bits per heavy atom. The number of Topliss-reactive ketones (excluding diaryl/α,β-unsaturated/α-hetero) is 1. The molecule has 19 nitrogen and oxygen atoms in total. The zero-order valence-corrected chi connectivity index (χ0v) is 45.2. The molecule has 6 rings (SSSR count). The molecule has 410 valence electrons. The van der Waals surface area contributed by atoms with Crippen LogP contribution >= 0.6 is 0 Å². The van der Waals surface area contributed by atoms with Crippen LogP contribution in [0.15, 0.2) is 77.2 Å². The topological polar surface area (TPSA) is 236 Å². The van der Waals surface area contributed by atoms with Crippen molar-refractivity contribution in [2.45, 2.75) is 97.9 Å².